The molecular weight excluding hydrogens is 453 g/mol. The molecule has 0 atom stereocenters. The van der Waals surface area contributed by atoms with Crippen LogP contribution in [-0.2, 0) is 4.79 Å². The number of ether oxygens (including phenoxy) is 1. The van der Waals surface area contributed by atoms with Crippen LogP contribution < -0.4 is 10.1 Å². The molecule has 0 radical (unpaired) electrons. The molecule has 6 heteroatoms. The minimum absolute atomic E-state index is 0.0539. The molecule has 0 aliphatic carbocycles. The van der Waals surface area contributed by atoms with Gasteiger partial charge in [0.15, 0.2) is 0 Å². The lowest BCUT2D eigenvalue weighted by Crippen LogP contribution is -2.09. The van der Waals surface area contributed by atoms with Crippen molar-refractivity contribution in [2.75, 3.05) is 11.9 Å². The predicted molar refractivity (Wildman–Crippen MR) is 136 cm³/mol. The fourth-order valence-electron chi connectivity index (χ4n) is 3.92. The lowest BCUT2D eigenvalue weighted by Gasteiger charge is -2.15. The van der Waals surface area contributed by atoms with E-state index in [1.54, 1.807) is 6.26 Å². The number of allylic oxidation sites excluding steroid dienone is 1. The van der Waals surface area contributed by atoms with Gasteiger partial charge >= 0.3 is 0 Å². The van der Waals surface area contributed by atoms with E-state index in [0.717, 1.165) is 38.8 Å². The minimum Gasteiger partial charge on any atom is -0.493 e. The lowest BCUT2D eigenvalue weighted by molar-refractivity contribution is -0.111. The van der Waals surface area contributed by atoms with E-state index < -0.39 is 5.82 Å². The topological polar surface area (TPSA) is 51.5 Å². The Hall–Kier alpha value is -3.57. The first kappa shape index (κ1) is 23.6. The molecule has 1 heterocycles. The van der Waals surface area contributed by atoms with Crippen LogP contribution in [0.4, 0.5) is 10.1 Å². The summed E-state index contributed by atoms with van der Waals surface area (Å²) in [5, 5.41) is 3.61. The third-order valence-electron chi connectivity index (χ3n) is 5.65. The van der Waals surface area contributed by atoms with Gasteiger partial charge in [-0.3, -0.25) is 4.79 Å². The van der Waals surface area contributed by atoms with Gasteiger partial charge in [-0.1, -0.05) is 41.4 Å². The van der Waals surface area contributed by atoms with Crippen LogP contribution in [0.3, 0.4) is 0 Å². The summed E-state index contributed by atoms with van der Waals surface area (Å²) in [4.78, 5) is 12.7. The van der Waals surface area contributed by atoms with Gasteiger partial charge in [-0.2, -0.15) is 0 Å². The molecule has 4 aromatic rings. The number of aryl methyl sites for hydroxylation is 2. The number of nitrogens with one attached hydrogen (secondary N) is 1. The van der Waals surface area contributed by atoms with Gasteiger partial charge in [0.25, 0.3) is 0 Å². The van der Waals surface area contributed by atoms with Gasteiger partial charge in [-0.05, 0) is 63.1 Å². The fourth-order valence-corrected chi connectivity index (χ4v) is 4.10. The molecule has 0 aliphatic heterocycles. The van der Waals surface area contributed by atoms with Crippen molar-refractivity contribution < 1.29 is 18.3 Å². The SMILES string of the molecule is CCOc1c(/C(C)=C/C(=O)Nc2ccc(F)c(Cl)c2)cc2c(-c3ccc(C)cc3)coc2c1C. The quantitative estimate of drug-likeness (QED) is 0.287. The van der Waals surface area contributed by atoms with E-state index in [0.29, 0.717) is 18.0 Å². The summed E-state index contributed by atoms with van der Waals surface area (Å²) in [6.45, 7) is 8.24. The Morgan fingerprint density at radius 2 is 1.88 bits per heavy atom. The third-order valence-corrected chi connectivity index (χ3v) is 5.94. The van der Waals surface area contributed by atoms with Crippen molar-refractivity contribution in [1.82, 2.24) is 0 Å². The Bertz CT molecular complexity index is 1400. The maximum Gasteiger partial charge on any atom is 0.248 e. The highest BCUT2D eigenvalue weighted by Gasteiger charge is 2.19. The molecule has 0 spiro atoms. The first-order chi connectivity index (χ1) is 16.3. The third kappa shape index (κ3) is 4.70. The molecule has 0 bridgehead atoms. The number of anilines is 1. The average molecular weight is 478 g/mol. The highest BCUT2D eigenvalue weighted by molar-refractivity contribution is 6.31. The predicted octanol–water partition coefficient (Wildman–Crippen LogP) is 7.95. The van der Waals surface area contributed by atoms with Crippen LogP contribution in [-0.4, -0.2) is 12.5 Å². The van der Waals surface area contributed by atoms with Crippen molar-refractivity contribution >= 4 is 39.7 Å². The van der Waals surface area contributed by atoms with Gasteiger partial charge in [0.05, 0.1) is 17.9 Å². The van der Waals surface area contributed by atoms with E-state index in [9.17, 15) is 9.18 Å². The number of halogens is 2. The molecule has 0 unspecified atom stereocenters. The molecule has 34 heavy (non-hydrogen) atoms. The molecule has 0 saturated heterocycles. The molecule has 1 aromatic heterocycles. The largest absolute Gasteiger partial charge is 0.493 e. The zero-order valence-corrected chi connectivity index (χ0v) is 20.2. The molecule has 1 amide bonds. The highest BCUT2D eigenvalue weighted by atomic mass is 35.5. The normalized spacial score (nSPS) is 11.6. The first-order valence-corrected chi connectivity index (χ1v) is 11.4. The summed E-state index contributed by atoms with van der Waals surface area (Å²) in [7, 11) is 0. The van der Waals surface area contributed by atoms with Crippen LogP contribution in [0.2, 0.25) is 5.02 Å². The zero-order chi connectivity index (χ0) is 24.4. The van der Waals surface area contributed by atoms with Crippen LogP contribution >= 0.6 is 11.6 Å². The number of rotatable bonds is 6. The summed E-state index contributed by atoms with van der Waals surface area (Å²) < 4.78 is 25.3. The number of carbonyl (C=O) groups excluding carboxylic acids is 1. The van der Waals surface area contributed by atoms with Crippen LogP contribution in [0.5, 0.6) is 5.75 Å². The first-order valence-electron chi connectivity index (χ1n) is 11.0. The van der Waals surface area contributed by atoms with Gasteiger partial charge in [0, 0.05) is 33.8 Å². The van der Waals surface area contributed by atoms with Crippen LogP contribution in [0, 0.1) is 19.7 Å². The Morgan fingerprint density at radius 3 is 2.56 bits per heavy atom. The Morgan fingerprint density at radius 1 is 1.15 bits per heavy atom. The van der Waals surface area contributed by atoms with Crippen molar-refractivity contribution in [3.8, 4) is 16.9 Å². The van der Waals surface area contributed by atoms with Gasteiger partial charge in [0.2, 0.25) is 5.91 Å². The molecular formula is C28H25ClFNO3. The Balaban J connectivity index is 1.76. The summed E-state index contributed by atoms with van der Waals surface area (Å²) >= 11 is 5.82. The van der Waals surface area contributed by atoms with Crippen molar-refractivity contribution in [2.24, 2.45) is 0 Å². The van der Waals surface area contributed by atoms with Crippen molar-refractivity contribution in [2.45, 2.75) is 27.7 Å². The number of hydrogen-bond donors (Lipinski definition) is 1. The molecule has 0 fully saturated rings. The number of carbonyl (C=O) groups is 1. The summed E-state index contributed by atoms with van der Waals surface area (Å²) in [6, 6.07) is 14.3. The molecule has 4 nitrogen and oxygen atoms in total. The number of fused-ring (bicyclic) bond motifs is 1. The van der Waals surface area contributed by atoms with E-state index in [1.165, 1.54) is 29.8 Å². The highest BCUT2D eigenvalue weighted by Crippen LogP contribution is 2.40. The van der Waals surface area contributed by atoms with E-state index in [2.05, 4.69) is 29.6 Å². The van der Waals surface area contributed by atoms with Crippen molar-refractivity contribution in [1.29, 1.82) is 0 Å². The Kier molecular flexibility index (Phi) is 6.75. The smallest absolute Gasteiger partial charge is 0.248 e. The van der Waals surface area contributed by atoms with E-state index in [4.69, 9.17) is 20.8 Å². The second-order valence-electron chi connectivity index (χ2n) is 8.15. The summed E-state index contributed by atoms with van der Waals surface area (Å²) in [5.41, 5.74) is 6.75. The van der Waals surface area contributed by atoms with Crippen LogP contribution in [0.15, 0.2) is 65.3 Å². The van der Waals surface area contributed by atoms with Gasteiger partial charge in [0.1, 0.15) is 17.1 Å². The van der Waals surface area contributed by atoms with Gasteiger partial charge < -0.3 is 14.5 Å². The standard InChI is InChI=1S/C28H25ClFNO3/c1-5-33-27-18(4)28-22(23(15-34-28)19-8-6-16(2)7-9-19)14-21(27)17(3)12-26(32)31-20-10-11-25(30)24(29)13-20/h6-15H,5H2,1-4H3,(H,31,32)/b17-12+. The van der Waals surface area contributed by atoms with Gasteiger partial charge in [-0.25, -0.2) is 4.39 Å². The minimum atomic E-state index is -0.541. The molecule has 3 aromatic carbocycles. The van der Waals surface area contributed by atoms with E-state index >= 15 is 0 Å². The molecule has 4 rings (SSSR count). The maximum atomic E-state index is 13.4. The fraction of sp³-hybridized carbons (Fsp3) is 0.179. The molecule has 0 saturated carbocycles. The summed E-state index contributed by atoms with van der Waals surface area (Å²) in [5.74, 6) is -0.224. The second-order valence-corrected chi connectivity index (χ2v) is 8.56. The van der Waals surface area contributed by atoms with Crippen molar-refractivity contribution in [3.05, 3.63) is 88.4 Å². The Labute approximate surface area is 203 Å². The van der Waals surface area contributed by atoms with Crippen molar-refractivity contribution in [3.63, 3.8) is 0 Å². The maximum absolute atomic E-state index is 13.4. The summed E-state index contributed by atoms with van der Waals surface area (Å²) in [6.07, 6.45) is 3.25. The monoisotopic (exact) mass is 477 g/mol. The van der Waals surface area contributed by atoms with E-state index in [-0.39, 0.29) is 10.9 Å². The number of amides is 1. The number of furan rings is 1. The van der Waals surface area contributed by atoms with Crippen LogP contribution in [0.1, 0.15) is 30.5 Å². The molecule has 1 N–H and O–H groups in total. The molecule has 174 valence electrons. The second kappa shape index (κ2) is 9.74. The lowest BCUT2D eigenvalue weighted by atomic mass is 9.96. The zero-order valence-electron chi connectivity index (χ0n) is 19.5. The molecule has 0 aliphatic rings. The van der Waals surface area contributed by atoms with E-state index in [1.807, 2.05) is 33.8 Å². The average Bonchev–Trinajstić information content (AvgIpc) is 3.23. The van der Waals surface area contributed by atoms with Crippen LogP contribution in [0.25, 0.3) is 27.7 Å². The van der Waals surface area contributed by atoms with Gasteiger partial charge in [-0.15, -0.1) is 0 Å². The number of benzene rings is 3. The number of hydrogen-bond acceptors (Lipinski definition) is 3.